The van der Waals surface area contributed by atoms with Gasteiger partial charge in [0.2, 0.25) is 0 Å². The average molecular weight is 249 g/mol. The fraction of sp³-hybridized carbons (Fsp3) is 0.625. The van der Waals surface area contributed by atoms with E-state index in [9.17, 15) is 0 Å². The van der Waals surface area contributed by atoms with Crippen LogP contribution in [0.3, 0.4) is 0 Å². The number of rotatable bonds is 8. The highest BCUT2D eigenvalue weighted by molar-refractivity contribution is 5.30. The summed E-state index contributed by atoms with van der Waals surface area (Å²) in [4.78, 5) is 0. The molecule has 0 aromatic heterocycles. The summed E-state index contributed by atoms with van der Waals surface area (Å²) in [6.07, 6.45) is 2.21. The molecular formula is C16H27NO. The Hall–Kier alpha value is -1.02. The Morgan fingerprint density at radius 1 is 1.22 bits per heavy atom. The molecule has 0 aliphatic carbocycles. The summed E-state index contributed by atoms with van der Waals surface area (Å²) >= 11 is 0. The van der Waals surface area contributed by atoms with Gasteiger partial charge in [-0.25, -0.2) is 0 Å². The summed E-state index contributed by atoms with van der Waals surface area (Å²) in [5.74, 6) is 1.68. The van der Waals surface area contributed by atoms with E-state index in [1.807, 2.05) is 6.07 Å². The van der Waals surface area contributed by atoms with E-state index in [-0.39, 0.29) is 0 Å². The third kappa shape index (κ3) is 5.09. The van der Waals surface area contributed by atoms with Gasteiger partial charge in [-0.15, -0.1) is 0 Å². The van der Waals surface area contributed by atoms with Gasteiger partial charge >= 0.3 is 0 Å². The van der Waals surface area contributed by atoms with Crippen molar-refractivity contribution in [1.82, 2.24) is 5.32 Å². The van der Waals surface area contributed by atoms with Gasteiger partial charge in [0.1, 0.15) is 5.75 Å². The number of hydrogen-bond donors (Lipinski definition) is 1. The van der Waals surface area contributed by atoms with E-state index < -0.39 is 0 Å². The lowest BCUT2D eigenvalue weighted by Crippen LogP contribution is -2.22. The van der Waals surface area contributed by atoms with Crippen LogP contribution >= 0.6 is 0 Å². The molecule has 0 heterocycles. The summed E-state index contributed by atoms with van der Waals surface area (Å²) < 4.78 is 5.70. The Kier molecular flexibility index (Phi) is 6.81. The van der Waals surface area contributed by atoms with Gasteiger partial charge in [0, 0.05) is 6.04 Å². The first kappa shape index (κ1) is 15.0. The van der Waals surface area contributed by atoms with E-state index in [0.717, 1.165) is 31.7 Å². The van der Waals surface area contributed by atoms with Crippen molar-refractivity contribution in [2.75, 3.05) is 13.2 Å². The van der Waals surface area contributed by atoms with Gasteiger partial charge in [-0.05, 0) is 43.0 Å². The summed E-state index contributed by atoms with van der Waals surface area (Å²) in [6.45, 7) is 10.6. The maximum Gasteiger partial charge on any atom is 0.119 e. The van der Waals surface area contributed by atoms with Crippen molar-refractivity contribution in [1.29, 1.82) is 0 Å². The van der Waals surface area contributed by atoms with Crippen LogP contribution in [0.15, 0.2) is 24.3 Å². The highest BCUT2D eigenvalue weighted by Gasteiger charge is 2.12. The third-order valence-electron chi connectivity index (χ3n) is 2.89. The molecule has 0 aliphatic rings. The molecule has 1 rings (SSSR count). The van der Waals surface area contributed by atoms with E-state index in [1.54, 1.807) is 0 Å². The molecule has 1 atom stereocenters. The molecule has 0 radical (unpaired) electrons. The number of nitrogens with one attached hydrogen (secondary N) is 1. The highest BCUT2D eigenvalue weighted by atomic mass is 16.5. The van der Waals surface area contributed by atoms with E-state index in [4.69, 9.17) is 4.74 Å². The third-order valence-corrected chi connectivity index (χ3v) is 2.89. The molecule has 1 N–H and O–H groups in total. The van der Waals surface area contributed by atoms with Gasteiger partial charge in [0.05, 0.1) is 6.61 Å². The van der Waals surface area contributed by atoms with Crippen LogP contribution in [0, 0.1) is 5.92 Å². The van der Waals surface area contributed by atoms with Crippen LogP contribution in [0.1, 0.15) is 52.1 Å². The highest BCUT2D eigenvalue weighted by Crippen LogP contribution is 2.24. The predicted molar refractivity (Wildman–Crippen MR) is 78.1 cm³/mol. The van der Waals surface area contributed by atoms with E-state index in [1.165, 1.54) is 5.56 Å². The smallest absolute Gasteiger partial charge is 0.119 e. The summed E-state index contributed by atoms with van der Waals surface area (Å²) in [7, 11) is 0. The largest absolute Gasteiger partial charge is 0.494 e. The normalized spacial score (nSPS) is 12.7. The van der Waals surface area contributed by atoms with Gasteiger partial charge in [-0.3, -0.25) is 0 Å². The maximum absolute atomic E-state index is 5.70. The Labute approximate surface area is 112 Å². The Balaban J connectivity index is 2.76. The maximum atomic E-state index is 5.70. The first-order valence-electron chi connectivity index (χ1n) is 7.13. The Bertz CT molecular complexity index is 336. The number of ether oxygens (including phenoxy) is 1. The first-order chi connectivity index (χ1) is 8.67. The molecule has 0 fully saturated rings. The molecule has 102 valence electrons. The molecule has 0 bridgehead atoms. The van der Waals surface area contributed by atoms with Gasteiger partial charge in [0.25, 0.3) is 0 Å². The molecular weight excluding hydrogens is 222 g/mol. The molecule has 1 aromatic carbocycles. The van der Waals surface area contributed by atoms with Gasteiger partial charge in [-0.2, -0.15) is 0 Å². The number of benzene rings is 1. The van der Waals surface area contributed by atoms with Crippen molar-refractivity contribution in [3.8, 4) is 5.75 Å². The van der Waals surface area contributed by atoms with Crippen molar-refractivity contribution in [2.24, 2.45) is 5.92 Å². The molecule has 2 nitrogen and oxygen atoms in total. The van der Waals surface area contributed by atoms with Crippen LogP contribution in [0.5, 0.6) is 5.75 Å². The van der Waals surface area contributed by atoms with Crippen molar-refractivity contribution in [3.05, 3.63) is 29.8 Å². The molecule has 0 saturated carbocycles. The second-order valence-electron chi connectivity index (χ2n) is 5.16. The zero-order valence-corrected chi connectivity index (χ0v) is 12.2. The molecule has 2 heteroatoms. The number of hydrogen-bond acceptors (Lipinski definition) is 2. The van der Waals surface area contributed by atoms with Crippen LogP contribution in [0.4, 0.5) is 0 Å². The topological polar surface area (TPSA) is 21.3 Å². The zero-order valence-electron chi connectivity index (χ0n) is 12.2. The van der Waals surface area contributed by atoms with Gasteiger partial charge in [-0.1, -0.05) is 39.8 Å². The molecule has 0 saturated heterocycles. The molecule has 1 unspecified atom stereocenters. The minimum Gasteiger partial charge on any atom is -0.494 e. The van der Waals surface area contributed by atoms with Crippen molar-refractivity contribution < 1.29 is 4.74 Å². The molecule has 18 heavy (non-hydrogen) atoms. The predicted octanol–water partition coefficient (Wildman–Crippen LogP) is 4.17. The Morgan fingerprint density at radius 2 is 2.00 bits per heavy atom. The minimum atomic E-state index is 0.431. The molecule has 0 spiro atoms. The van der Waals surface area contributed by atoms with E-state index >= 15 is 0 Å². The van der Waals surface area contributed by atoms with Crippen molar-refractivity contribution >= 4 is 0 Å². The summed E-state index contributed by atoms with van der Waals surface area (Å²) in [5, 5.41) is 3.56. The van der Waals surface area contributed by atoms with Crippen LogP contribution in [0.2, 0.25) is 0 Å². The lowest BCUT2D eigenvalue weighted by atomic mass is 9.97. The first-order valence-corrected chi connectivity index (χ1v) is 7.13. The fourth-order valence-corrected chi connectivity index (χ4v) is 2.10. The van der Waals surface area contributed by atoms with Crippen LogP contribution in [-0.2, 0) is 0 Å². The summed E-state index contributed by atoms with van der Waals surface area (Å²) in [5.41, 5.74) is 1.33. The lowest BCUT2D eigenvalue weighted by Gasteiger charge is -2.21. The average Bonchev–Trinajstić information content (AvgIpc) is 2.36. The van der Waals surface area contributed by atoms with Crippen molar-refractivity contribution in [3.63, 3.8) is 0 Å². The molecule has 0 aliphatic heterocycles. The van der Waals surface area contributed by atoms with Gasteiger partial charge in [0.15, 0.2) is 0 Å². The van der Waals surface area contributed by atoms with Crippen LogP contribution in [0.25, 0.3) is 0 Å². The monoisotopic (exact) mass is 249 g/mol. The fourth-order valence-electron chi connectivity index (χ4n) is 2.10. The molecule has 0 amide bonds. The standard InChI is InChI=1S/C16H27NO/c1-5-10-18-15-9-7-8-14(12-15)16(17-6-2)11-13(3)4/h7-9,12-13,16-17H,5-6,10-11H2,1-4H3. The van der Waals surface area contributed by atoms with E-state index in [2.05, 4.69) is 51.2 Å². The quantitative estimate of drug-likeness (QED) is 0.746. The zero-order chi connectivity index (χ0) is 13.4. The Morgan fingerprint density at radius 3 is 2.61 bits per heavy atom. The minimum absolute atomic E-state index is 0.431. The van der Waals surface area contributed by atoms with Gasteiger partial charge < -0.3 is 10.1 Å². The molecule has 1 aromatic rings. The second-order valence-corrected chi connectivity index (χ2v) is 5.16. The van der Waals surface area contributed by atoms with Crippen molar-refractivity contribution in [2.45, 2.75) is 46.6 Å². The van der Waals surface area contributed by atoms with Crippen LogP contribution in [-0.4, -0.2) is 13.2 Å². The lowest BCUT2D eigenvalue weighted by molar-refractivity contribution is 0.316. The second kappa shape index (κ2) is 8.15. The SMILES string of the molecule is CCCOc1cccc(C(CC(C)C)NCC)c1. The van der Waals surface area contributed by atoms with Crippen LogP contribution < -0.4 is 10.1 Å². The van der Waals surface area contributed by atoms with E-state index in [0.29, 0.717) is 12.0 Å². The summed E-state index contributed by atoms with van der Waals surface area (Å²) in [6, 6.07) is 8.92.